The Bertz CT molecular complexity index is 995. The molecule has 1 aromatic rings. The van der Waals surface area contributed by atoms with E-state index >= 15 is 0 Å². The molecule has 2 aliphatic carbocycles. The Morgan fingerprint density at radius 3 is 2.50 bits per heavy atom. The van der Waals surface area contributed by atoms with Crippen LogP contribution in [0.25, 0.3) is 0 Å². The lowest BCUT2D eigenvalue weighted by atomic mass is 9.68. The van der Waals surface area contributed by atoms with E-state index in [0.29, 0.717) is 30.5 Å². The number of carbonyl (C=O) groups excluding carboxylic acids is 3. The smallest absolute Gasteiger partial charge is 0.250 e. The number of ketones is 2. The van der Waals surface area contributed by atoms with E-state index in [1.807, 2.05) is 25.3 Å². The van der Waals surface area contributed by atoms with Crippen molar-refractivity contribution in [1.29, 1.82) is 0 Å². The zero-order valence-corrected chi connectivity index (χ0v) is 17.9. The topological polar surface area (TPSA) is 102 Å². The lowest BCUT2D eigenvalue weighted by Gasteiger charge is -2.34. The number of rotatable bonds is 4. The van der Waals surface area contributed by atoms with Crippen LogP contribution in [0.2, 0.25) is 0 Å². The Balaban J connectivity index is 1.70. The molecular formula is C24H29N3O3. The molecule has 0 spiro atoms. The SMILES string of the molecule is CC1(C)CC(=O)C2=C(C1)N=CC2(C)c1ccc(C(N)=O)c(NC2CCC(=O)CC2)c1. The van der Waals surface area contributed by atoms with E-state index in [1.54, 1.807) is 6.07 Å². The van der Waals surface area contributed by atoms with Crippen molar-refractivity contribution in [3.05, 3.63) is 40.6 Å². The molecule has 0 saturated heterocycles. The van der Waals surface area contributed by atoms with E-state index in [2.05, 4.69) is 24.2 Å². The highest BCUT2D eigenvalue weighted by Gasteiger charge is 2.45. The van der Waals surface area contributed by atoms with E-state index in [1.165, 1.54) is 0 Å². The number of aliphatic imine (C=N–C) groups is 1. The van der Waals surface area contributed by atoms with Crippen molar-refractivity contribution in [3.8, 4) is 0 Å². The van der Waals surface area contributed by atoms with Gasteiger partial charge in [0.05, 0.1) is 11.0 Å². The third kappa shape index (κ3) is 3.59. The summed E-state index contributed by atoms with van der Waals surface area (Å²) in [7, 11) is 0. The number of nitrogens with two attached hydrogens (primary N) is 1. The largest absolute Gasteiger partial charge is 0.382 e. The van der Waals surface area contributed by atoms with Gasteiger partial charge in [0.25, 0.3) is 5.91 Å². The van der Waals surface area contributed by atoms with Crippen molar-refractivity contribution in [1.82, 2.24) is 0 Å². The van der Waals surface area contributed by atoms with Crippen LogP contribution in [0.4, 0.5) is 5.69 Å². The molecule has 1 saturated carbocycles. The molecule has 1 atom stereocenters. The summed E-state index contributed by atoms with van der Waals surface area (Å²) in [6.07, 6.45) is 5.72. The molecule has 158 valence electrons. The minimum atomic E-state index is -0.627. The molecule has 3 aliphatic rings. The van der Waals surface area contributed by atoms with Crippen LogP contribution >= 0.6 is 0 Å². The summed E-state index contributed by atoms with van der Waals surface area (Å²) in [5, 5.41) is 3.43. The number of hydrogen-bond acceptors (Lipinski definition) is 5. The van der Waals surface area contributed by atoms with Gasteiger partial charge in [0.2, 0.25) is 0 Å². The van der Waals surface area contributed by atoms with Crippen LogP contribution in [0.1, 0.15) is 75.2 Å². The van der Waals surface area contributed by atoms with Crippen LogP contribution in [-0.4, -0.2) is 29.7 Å². The summed E-state index contributed by atoms with van der Waals surface area (Å²) in [5.41, 5.74) is 8.52. The van der Waals surface area contributed by atoms with Crippen LogP contribution in [0.3, 0.4) is 0 Å². The quantitative estimate of drug-likeness (QED) is 0.794. The predicted molar refractivity (Wildman–Crippen MR) is 117 cm³/mol. The average Bonchev–Trinajstić information content (AvgIpc) is 3.00. The second kappa shape index (κ2) is 7.18. The predicted octanol–water partition coefficient (Wildman–Crippen LogP) is 3.69. The summed E-state index contributed by atoms with van der Waals surface area (Å²) in [6.45, 7) is 6.20. The first-order valence-electron chi connectivity index (χ1n) is 10.6. The third-order valence-corrected chi connectivity index (χ3v) is 6.64. The van der Waals surface area contributed by atoms with Gasteiger partial charge in [-0.25, -0.2) is 0 Å². The lowest BCUT2D eigenvalue weighted by Crippen LogP contribution is -2.34. The van der Waals surface area contributed by atoms with Crippen molar-refractivity contribution in [2.75, 3.05) is 5.32 Å². The Morgan fingerprint density at radius 1 is 1.13 bits per heavy atom. The molecule has 1 aliphatic heterocycles. The van der Waals surface area contributed by atoms with Crippen molar-refractivity contribution in [2.45, 2.75) is 70.8 Å². The van der Waals surface area contributed by atoms with Gasteiger partial charge in [-0.2, -0.15) is 0 Å². The molecule has 1 fully saturated rings. The molecular weight excluding hydrogens is 378 g/mol. The highest BCUT2D eigenvalue weighted by Crippen LogP contribution is 2.47. The van der Waals surface area contributed by atoms with E-state index in [-0.39, 0.29) is 23.0 Å². The zero-order chi connectivity index (χ0) is 21.7. The number of carbonyl (C=O) groups is 3. The number of nitrogens with one attached hydrogen (secondary N) is 1. The van der Waals surface area contributed by atoms with Crippen LogP contribution in [0.15, 0.2) is 34.5 Å². The fourth-order valence-corrected chi connectivity index (χ4v) is 4.98. The van der Waals surface area contributed by atoms with Gasteiger partial charge in [-0.15, -0.1) is 0 Å². The highest BCUT2D eigenvalue weighted by molar-refractivity contribution is 6.07. The van der Waals surface area contributed by atoms with Crippen LogP contribution in [0, 0.1) is 5.41 Å². The zero-order valence-electron chi connectivity index (χ0n) is 17.9. The monoisotopic (exact) mass is 407 g/mol. The molecule has 1 heterocycles. The first-order valence-corrected chi connectivity index (χ1v) is 10.6. The van der Waals surface area contributed by atoms with Gasteiger partial charge in [-0.3, -0.25) is 19.4 Å². The fourth-order valence-electron chi connectivity index (χ4n) is 4.98. The van der Waals surface area contributed by atoms with Gasteiger partial charge >= 0.3 is 0 Å². The maximum atomic E-state index is 13.0. The molecule has 1 amide bonds. The van der Waals surface area contributed by atoms with Gasteiger partial charge < -0.3 is 11.1 Å². The maximum absolute atomic E-state index is 13.0. The number of Topliss-reactive ketones (excluding diaryl/α,β-unsaturated/α-hetero) is 2. The summed E-state index contributed by atoms with van der Waals surface area (Å²) in [5.74, 6) is -0.0816. The van der Waals surface area contributed by atoms with Crippen molar-refractivity contribution in [2.24, 2.45) is 16.1 Å². The van der Waals surface area contributed by atoms with Gasteiger partial charge in [-0.05, 0) is 49.3 Å². The normalized spacial score (nSPS) is 26.1. The van der Waals surface area contributed by atoms with Gasteiger partial charge in [-0.1, -0.05) is 19.9 Å². The molecule has 0 bridgehead atoms. The summed E-state index contributed by atoms with van der Waals surface area (Å²) in [4.78, 5) is 41.2. The minimum absolute atomic E-state index is 0.0839. The Morgan fingerprint density at radius 2 is 1.83 bits per heavy atom. The molecule has 1 aromatic carbocycles. The van der Waals surface area contributed by atoms with Crippen LogP contribution in [0.5, 0.6) is 0 Å². The molecule has 3 N–H and O–H groups in total. The van der Waals surface area contributed by atoms with Crippen molar-refractivity contribution >= 4 is 29.4 Å². The second-order valence-electron chi connectivity index (χ2n) is 9.81. The van der Waals surface area contributed by atoms with E-state index < -0.39 is 11.3 Å². The number of benzene rings is 1. The highest BCUT2D eigenvalue weighted by atomic mass is 16.1. The van der Waals surface area contributed by atoms with Crippen LogP contribution in [-0.2, 0) is 15.0 Å². The maximum Gasteiger partial charge on any atom is 0.250 e. The van der Waals surface area contributed by atoms with Gasteiger partial charge in [0.15, 0.2) is 5.78 Å². The fraction of sp³-hybridized carbons (Fsp3) is 0.500. The molecule has 6 heteroatoms. The molecule has 0 aromatic heterocycles. The molecule has 30 heavy (non-hydrogen) atoms. The third-order valence-electron chi connectivity index (χ3n) is 6.64. The first kappa shape index (κ1) is 20.5. The number of amides is 1. The average molecular weight is 408 g/mol. The standard InChI is InChI=1S/C24H29N3O3/c1-23(2)11-19-21(20(29)12-23)24(3,13-26-19)14-4-9-17(22(25)30)18(10-14)27-15-5-7-16(28)8-6-15/h4,9-10,13,15,27H,5-8,11-12H2,1-3H3,(H2,25,30). The number of primary amides is 1. The van der Waals surface area contributed by atoms with Gasteiger partial charge in [0.1, 0.15) is 5.78 Å². The van der Waals surface area contributed by atoms with Crippen molar-refractivity contribution < 1.29 is 14.4 Å². The molecule has 0 radical (unpaired) electrons. The first-order chi connectivity index (χ1) is 14.1. The molecule has 4 rings (SSSR count). The van der Waals surface area contributed by atoms with Crippen LogP contribution < -0.4 is 11.1 Å². The summed E-state index contributed by atoms with van der Waals surface area (Å²) in [6, 6.07) is 5.63. The van der Waals surface area contributed by atoms with Gasteiger partial charge in [0, 0.05) is 48.5 Å². The number of nitrogens with zero attached hydrogens (tertiary/aromatic N) is 1. The Labute approximate surface area is 177 Å². The van der Waals surface area contributed by atoms with E-state index in [9.17, 15) is 14.4 Å². The van der Waals surface area contributed by atoms with Crippen molar-refractivity contribution in [3.63, 3.8) is 0 Å². The van der Waals surface area contributed by atoms with E-state index in [0.717, 1.165) is 36.1 Å². The minimum Gasteiger partial charge on any atom is -0.382 e. The Hall–Kier alpha value is -2.76. The summed E-state index contributed by atoms with van der Waals surface area (Å²) >= 11 is 0. The summed E-state index contributed by atoms with van der Waals surface area (Å²) < 4.78 is 0. The number of allylic oxidation sites excluding steroid dienone is 2. The molecule has 1 unspecified atom stereocenters. The Kier molecular flexibility index (Phi) is 4.91. The number of anilines is 1. The second-order valence-corrected chi connectivity index (χ2v) is 9.81. The number of hydrogen-bond donors (Lipinski definition) is 2. The van der Waals surface area contributed by atoms with E-state index in [4.69, 9.17) is 5.73 Å². The lowest BCUT2D eigenvalue weighted by molar-refractivity contribution is -0.120. The molecule has 6 nitrogen and oxygen atoms in total.